The van der Waals surface area contributed by atoms with E-state index in [1.54, 1.807) is 38.6 Å². The predicted octanol–water partition coefficient (Wildman–Crippen LogP) is 3.21. The minimum atomic E-state index is 0.464. The fraction of sp³-hybridized carbons (Fsp3) is 0.150. The predicted molar refractivity (Wildman–Crippen MR) is 98.9 cm³/mol. The maximum atomic E-state index is 9.26. The first kappa shape index (κ1) is 17.2. The second-order valence-corrected chi connectivity index (χ2v) is 5.68. The second kappa shape index (κ2) is 7.53. The minimum absolute atomic E-state index is 0.464. The maximum Gasteiger partial charge on any atom is 0.136 e. The van der Waals surface area contributed by atoms with Crippen LogP contribution in [0.5, 0.6) is 11.5 Å². The molecule has 1 aromatic heterocycles. The largest absolute Gasteiger partial charge is 0.497 e. The van der Waals surface area contributed by atoms with Crippen molar-refractivity contribution in [2.45, 2.75) is 6.42 Å². The van der Waals surface area contributed by atoms with E-state index in [2.05, 4.69) is 16.0 Å². The molecule has 0 aliphatic rings. The summed E-state index contributed by atoms with van der Waals surface area (Å²) in [5.74, 6) is 1.90. The third-order valence-corrected chi connectivity index (χ3v) is 3.91. The number of anilines is 1. The van der Waals surface area contributed by atoms with Gasteiger partial charge in [-0.2, -0.15) is 5.26 Å². The van der Waals surface area contributed by atoms with Crippen molar-refractivity contribution in [2.75, 3.05) is 20.0 Å². The summed E-state index contributed by atoms with van der Waals surface area (Å²) in [6, 6.07) is 14.9. The number of hydrogen-bond acceptors (Lipinski definition) is 6. The number of methoxy groups -OCH3 is 2. The van der Waals surface area contributed by atoms with Crippen LogP contribution in [0.15, 0.2) is 48.7 Å². The van der Waals surface area contributed by atoms with Crippen molar-refractivity contribution in [2.24, 2.45) is 0 Å². The number of nitrogens with two attached hydrogens (primary N) is 1. The third-order valence-electron chi connectivity index (χ3n) is 3.91. The molecule has 0 fully saturated rings. The second-order valence-electron chi connectivity index (χ2n) is 5.68. The Morgan fingerprint density at radius 3 is 2.65 bits per heavy atom. The highest BCUT2D eigenvalue weighted by Gasteiger charge is 2.09. The number of ether oxygens (including phenoxy) is 2. The first-order chi connectivity index (χ1) is 12.6. The van der Waals surface area contributed by atoms with Crippen molar-refractivity contribution in [1.82, 2.24) is 9.97 Å². The van der Waals surface area contributed by atoms with E-state index in [1.807, 2.05) is 24.3 Å². The molecule has 1 heterocycles. The lowest BCUT2D eigenvalue weighted by atomic mass is 10.1. The molecular weight excluding hydrogens is 328 g/mol. The van der Waals surface area contributed by atoms with Gasteiger partial charge in [-0.1, -0.05) is 0 Å². The van der Waals surface area contributed by atoms with Crippen LogP contribution in [0, 0.1) is 11.3 Å². The molecule has 3 rings (SSSR count). The highest BCUT2D eigenvalue weighted by molar-refractivity contribution is 5.64. The van der Waals surface area contributed by atoms with Gasteiger partial charge < -0.3 is 15.2 Å². The van der Waals surface area contributed by atoms with Gasteiger partial charge in [0, 0.05) is 29.9 Å². The van der Waals surface area contributed by atoms with E-state index in [9.17, 15) is 5.26 Å². The lowest BCUT2D eigenvalue weighted by Crippen LogP contribution is -1.99. The molecule has 130 valence electrons. The number of hydrogen-bond donors (Lipinski definition) is 1. The van der Waals surface area contributed by atoms with Gasteiger partial charge in [-0.25, -0.2) is 9.97 Å². The normalized spacial score (nSPS) is 10.2. The monoisotopic (exact) mass is 346 g/mol. The van der Waals surface area contributed by atoms with Gasteiger partial charge in [0.15, 0.2) is 0 Å². The average molecular weight is 346 g/mol. The molecule has 0 saturated heterocycles. The highest BCUT2D eigenvalue weighted by Crippen LogP contribution is 2.25. The van der Waals surface area contributed by atoms with Crippen LogP contribution in [0.1, 0.15) is 17.0 Å². The Morgan fingerprint density at radius 1 is 1.08 bits per heavy atom. The van der Waals surface area contributed by atoms with Crippen molar-refractivity contribution in [3.63, 3.8) is 0 Å². The fourth-order valence-electron chi connectivity index (χ4n) is 2.69. The number of rotatable bonds is 5. The van der Waals surface area contributed by atoms with Gasteiger partial charge in [0.25, 0.3) is 0 Å². The molecule has 0 saturated carbocycles. The number of nitriles is 1. The lowest BCUT2D eigenvalue weighted by molar-refractivity contribution is 0.413. The van der Waals surface area contributed by atoms with Crippen LogP contribution >= 0.6 is 0 Å². The Bertz CT molecular complexity index is 980. The summed E-state index contributed by atoms with van der Waals surface area (Å²) in [5, 5.41) is 9.26. The zero-order valence-electron chi connectivity index (χ0n) is 14.6. The first-order valence-electron chi connectivity index (χ1n) is 7.97. The minimum Gasteiger partial charge on any atom is -0.497 e. The summed E-state index contributed by atoms with van der Waals surface area (Å²) in [6.45, 7) is 0. The molecule has 26 heavy (non-hydrogen) atoms. The van der Waals surface area contributed by atoms with Gasteiger partial charge in [-0.15, -0.1) is 0 Å². The van der Waals surface area contributed by atoms with E-state index in [4.69, 9.17) is 15.2 Å². The van der Waals surface area contributed by atoms with Gasteiger partial charge in [0.2, 0.25) is 0 Å². The summed E-state index contributed by atoms with van der Waals surface area (Å²) >= 11 is 0. The molecule has 6 heteroatoms. The third kappa shape index (κ3) is 3.73. The van der Waals surface area contributed by atoms with E-state index >= 15 is 0 Å². The number of benzene rings is 2. The quantitative estimate of drug-likeness (QED) is 0.713. The summed E-state index contributed by atoms with van der Waals surface area (Å²) in [4.78, 5) is 8.95. The van der Waals surface area contributed by atoms with Gasteiger partial charge >= 0.3 is 0 Å². The highest BCUT2D eigenvalue weighted by atomic mass is 16.5. The zero-order valence-corrected chi connectivity index (χ0v) is 14.6. The van der Waals surface area contributed by atoms with Crippen molar-refractivity contribution in [3.8, 4) is 28.8 Å². The molecule has 6 nitrogen and oxygen atoms in total. The molecule has 0 unspecified atom stereocenters. The number of nitrogen functional groups attached to an aromatic ring is 1. The van der Waals surface area contributed by atoms with Crippen LogP contribution in [0.3, 0.4) is 0 Å². The molecule has 0 aliphatic carbocycles. The van der Waals surface area contributed by atoms with Crippen LogP contribution < -0.4 is 15.2 Å². The van der Waals surface area contributed by atoms with Gasteiger partial charge in [-0.3, -0.25) is 0 Å². The van der Waals surface area contributed by atoms with Crippen LogP contribution in [0.4, 0.5) is 5.69 Å². The maximum absolute atomic E-state index is 9.26. The SMILES string of the molecule is COc1cc(N)cc(Cc2nccc(-c3ccc(OC)c(C#N)c3)n2)c1. The average Bonchev–Trinajstić information content (AvgIpc) is 2.67. The van der Waals surface area contributed by atoms with Crippen LogP contribution in [-0.2, 0) is 6.42 Å². The van der Waals surface area contributed by atoms with Crippen molar-refractivity contribution in [3.05, 3.63) is 65.6 Å². The van der Waals surface area contributed by atoms with Crippen LogP contribution in [0.2, 0.25) is 0 Å². The molecule has 0 spiro atoms. The van der Waals surface area contributed by atoms with Gasteiger partial charge in [0.05, 0.1) is 25.5 Å². The topological polar surface area (TPSA) is 94.0 Å². The summed E-state index contributed by atoms with van der Waals surface area (Å²) in [5.41, 5.74) is 9.53. The molecule has 0 aliphatic heterocycles. The molecule has 3 aromatic rings. The Hall–Kier alpha value is -3.59. The molecule has 0 atom stereocenters. The Kier molecular flexibility index (Phi) is 4.99. The van der Waals surface area contributed by atoms with Crippen molar-refractivity contribution >= 4 is 5.69 Å². The van der Waals surface area contributed by atoms with E-state index in [-0.39, 0.29) is 0 Å². The fourth-order valence-corrected chi connectivity index (χ4v) is 2.69. The van der Waals surface area contributed by atoms with Crippen molar-refractivity contribution < 1.29 is 9.47 Å². The summed E-state index contributed by atoms with van der Waals surface area (Å²) in [7, 11) is 3.14. The van der Waals surface area contributed by atoms with Gasteiger partial charge in [0.1, 0.15) is 23.4 Å². The summed E-state index contributed by atoms with van der Waals surface area (Å²) in [6.07, 6.45) is 2.23. The Balaban J connectivity index is 1.92. The molecule has 2 N–H and O–H groups in total. The lowest BCUT2D eigenvalue weighted by Gasteiger charge is -2.08. The van der Waals surface area contributed by atoms with Crippen molar-refractivity contribution in [1.29, 1.82) is 5.26 Å². The van der Waals surface area contributed by atoms with E-state index in [1.165, 1.54) is 0 Å². The number of aromatic nitrogens is 2. The first-order valence-corrected chi connectivity index (χ1v) is 7.97. The van der Waals surface area contributed by atoms with E-state index < -0.39 is 0 Å². The van der Waals surface area contributed by atoms with Crippen LogP contribution in [0.25, 0.3) is 11.3 Å². The Labute approximate surface area is 151 Å². The molecule has 0 amide bonds. The Morgan fingerprint density at radius 2 is 1.92 bits per heavy atom. The van der Waals surface area contributed by atoms with E-state index in [0.29, 0.717) is 35.0 Å². The number of nitrogens with zero attached hydrogens (tertiary/aromatic N) is 3. The van der Waals surface area contributed by atoms with Gasteiger partial charge in [-0.05, 0) is 42.0 Å². The molecular formula is C20H18N4O2. The van der Waals surface area contributed by atoms with Crippen LogP contribution in [-0.4, -0.2) is 24.2 Å². The molecule has 0 bridgehead atoms. The zero-order chi connectivity index (χ0) is 18.5. The molecule has 0 radical (unpaired) electrons. The standard InChI is InChI=1S/C20H18N4O2/c1-25-17-8-13(7-16(22)11-17)9-20-23-6-5-18(24-20)14-3-4-19(26-2)15(10-14)12-21/h3-8,10-11H,9,22H2,1-2H3. The summed E-state index contributed by atoms with van der Waals surface area (Å²) < 4.78 is 10.4. The molecule has 2 aromatic carbocycles. The van der Waals surface area contributed by atoms with E-state index in [0.717, 1.165) is 16.8 Å². The smallest absolute Gasteiger partial charge is 0.136 e.